The lowest BCUT2D eigenvalue weighted by Crippen LogP contribution is -2.45. The van der Waals surface area contributed by atoms with E-state index in [2.05, 4.69) is 10.3 Å². The van der Waals surface area contributed by atoms with Crippen molar-refractivity contribution in [3.63, 3.8) is 0 Å². The van der Waals surface area contributed by atoms with E-state index in [1.165, 1.54) is 18.3 Å². The molecule has 6 N–H and O–H groups in total. The molecule has 4 rings (SSSR count). The summed E-state index contributed by atoms with van der Waals surface area (Å²) in [6.07, 6.45) is 1.50. The van der Waals surface area contributed by atoms with Crippen LogP contribution in [0.5, 0.6) is 0 Å². The Bertz CT molecular complexity index is 1500. The Morgan fingerprint density at radius 3 is 2.45 bits per heavy atom. The highest BCUT2D eigenvalue weighted by atomic mass is 32.2. The number of guanidine groups is 1. The summed E-state index contributed by atoms with van der Waals surface area (Å²) in [5.41, 5.74) is 5.03. The van der Waals surface area contributed by atoms with Crippen LogP contribution >= 0.6 is 0 Å². The number of hydrogen-bond donors (Lipinski definition) is 5. The second kappa shape index (κ2) is 13.7. The second-order valence-corrected chi connectivity index (χ2v) is 11.3. The lowest BCUT2D eigenvalue weighted by molar-refractivity contribution is -0.131. The quantitative estimate of drug-likeness (QED) is 0.132. The number of likely N-dealkylation sites (tertiary alicyclic amines) is 1. The summed E-state index contributed by atoms with van der Waals surface area (Å²) in [7, 11) is -4.61. The number of H-pyrrole nitrogens is 1. The van der Waals surface area contributed by atoms with E-state index in [1.807, 2.05) is 10.8 Å². The maximum atomic E-state index is 13.4. The molecule has 2 amide bonds. The lowest BCUT2D eigenvalue weighted by Gasteiger charge is -2.32. The number of nitrogens with zero attached hydrogens (tertiary/aromatic N) is 1. The summed E-state index contributed by atoms with van der Waals surface area (Å²) < 4.78 is 39.2. The van der Waals surface area contributed by atoms with E-state index in [0.717, 1.165) is 5.56 Å². The van der Waals surface area contributed by atoms with Gasteiger partial charge in [0, 0.05) is 24.8 Å². The average Bonchev–Trinajstić information content (AvgIpc) is 3.53. The number of aromatic nitrogens is 1. The maximum absolute atomic E-state index is 13.4. The molecule has 2 aromatic carbocycles. The summed E-state index contributed by atoms with van der Waals surface area (Å²) in [6.45, 7) is 0.704. The monoisotopic (exact) mass is 596 g/mol. The van der Waals surface area contributed by atoms with Gasteiger partial charge in [-0.1, -0.05) is 54.6 Å². The predicted molar refractivity (Wildman–Crippen MR) is 153 cm³/mol. The van der Waals surface area contributed by atoms with Crippen molar-refractivity contribution < 1.29 is 32.3 Å². The maximum Gasteiger partial charge on any atom is 0.421 e. The molecule has 0 aliphatic carbocycles. The second-order valence-electron chi connectivity index (χ2n) is 9.62. The number of esters is 1. The highest BCUT2D eigenvalue weighted by molar-refractivity contribution is 7.90. The van der Waals surface area contributed by atoms with Gasteiger partial charge < -0.3 is 30.4 Å². The molecule has 0 radical (unpaired) electrons. The molecule has 1 atom stereocenters. The van der Waals surface area contributed by atoms with Gasteiger partial charge in [-0.2, -0.15) is 0 Å². The zero-order valence-electron chi connectivity index (χ0n) is 22.6. The third-order valence-corrected chi connectivity index (χ3v) is 8.07. The van der Waals surface area contributed by atoms with Crippen LogP contribution in [0.2, 0.25) is 0 Å². The van der Waals surface area contributed by atoms with Crippen molar-refractivity contribution in [1.82, 2.24) is 19.9 Å². The summed E-state index contributed by atoms with van der Waals surface area (Å²) in [5, 5.41) is 9.72. The molecule has 3 aromatic rings. The molecule has 0 saturated carbocycles. The molecule has 14 heteroatoms. The first kappa shape index (κ1) is 30.1. The number of hydrogen-bond acceptors (Lipinski definition) is 8. The third-order valence-electron chi connectivity index (χ3n) is 6.68. The summed E-state index contributed by atoms with van der Waals surface area (Å²) in [5.74, 6) is -1.38. The topological polar surface area (TPSA) is 197 Å². The van der Waals surface area contributed by atoms with Crippen LogP contribution in [0.4, 0.5) is 4.79 Å². The number of carbonyl (C=O) groups is 3. The Kier molecular flexibility index (Phi) is 9.81. The van der Waals surface area contributed by atoms with Gasteiger partial charge in [-0.05, 0) is 42.0 Å². The van der Waals surface area contributed by atoms with Gasteiger partial charge in [0.05, 0.1) is 6.54 Å². The summed E-state index contributed by atoms with van der Waals surface area (Å²) >= 11 is 0. The largest absolute Gasteiger partial charge is 0.444 e. The molecule has 13 nitrogen and oxygen atoms in total. The van der Waals surface area contributed by atoms with Crippen LogP contribution in [-0.2, 0) is 30.9 Å². The van der Waals surface area contributed by atoms with Gasteiger partial charge in [0.15, 0.2) is 5.96 Å². The van der Waals surface area contributed by atoms with E-state index >= 15 is 0 Å². The van der Waals surface area contributed by atoms with Crippen LogP contribution in [0.3, 0.4) is 0 Å². The number of benzene rings is 2. The van der Waals surface area contributed by atoms with Gasteiger partial charge >= 0.3 is 12.1 Å². The smallest absolute Gasteiger partial charge is 0.421 e. The summed E-state index contributed by atoms with van der Waals surface area (Å²) in [4.78, 5) is 42.0. The van der Waals surface area contributed by atoms with Crippen molar-refractivity contribution in [1.29, 1.82) is 5.41 Å². The Morgan fingerprint density at radius 1 is 1.05 bits per heavy atom. The van der Waals surface area contributed by atoms with Gasteiger partial charge in [0.1, 0.15) is 12.3 Å². The molecule has 1 aromatic heterocycles. The fourth-order valence-electron chi connectivity index (χ4n) is 4.56. The lowest BCUT2D eigenvalue weighted by atomic mass is 9.88. The molecular formula is C28H32N6O7S. The molecule has 42 heavy (non-hydrogen) atoms. The Morgan fingerprint density at radius 2 is 1.79 bits per heavy atom. The van der Waals surface area contributed by atoms with E-state index in [0.29, 0.717) is 31.5 Å². The standard InChI is InChI=1S/C28H32N6O7S/c29-27(30)32-17-24(35)34-14-11-20(12-15-34)21-8-4-9-22(16-21)26(41-25(36)23-10-5-13-31-23)42(38,39)33-28(37)40-18-19-6-2-1-3-7-19/h1-10,13,16,20,26,31H,11-12,14-15,17-18H2,(H,33,37)(H4,29,30,32). The first-order chi connectivity index (χ1) is 20.1. The molecule has 1 aliphatic rings. The van der Waals surface area contributed by atoms with Crippen molar-refractivity contribution in [2.45, 2.75) is 30.8 Å². The van der Waals surface area contributed by atoms with Crippen LogP contribution in [0, 0.1) is 5.41 Å². The minimum atomic E-state index is -4.61. The number of piperidine rings is 1. The van der Waals surface area contributed by atoms with Gasteiger partial charge in [0.25, 0.3) is 10.0 Å². The van der Waals surface area contributed by atoms with E-state index in [9.17, 15) is 22.8 Å². The van der Waals surface area contributed by atoms with E-state index in [-0.39, 0.29) is 42.2 Å². The number of aromatic amines is 1. The molecular weight excluding hydrogens is 564 g/mol. The molecule has 1 unspecified atom stereocenters. The zero-order valence-corrected chi connectivity index (χ0v) is 23.4. The van der Waals surface area contributed by atoms with Crippen molar-refractivity contribution in [2.24, 2.45) is 5.73 Å². The Labute approximate surface area is 242 Å². The Hall–Kier alpha value is -4.85. The summed E-state index contributed by atoms with van der Waals surface area (Å²) in [6, 6.07) is 18.3. The predicted octanol–water partition coefficient (Wildman–Crippen LogP) is 2.32. The molecule has 1 saturated heterocycles. The van der Waals surface area contributed by atoms with E-state index in [4.69, 9.17) is 20.6 Å². The minimum absolute atomic E-state index is 0.000950. The van der Waals surface area contributed by atoms with Crippen molar-refractivity contribution >= 4 is 34.0 Å². The SMILES string of the molecule is N=C(N)NCC(=O)N1CCC(c2cccc(C(OC(=O)c3ccc[nH]3)S(=O)(=O)NC(=O)OCc3ccccc3)c2)CC1. The van der Waals surface area contributed by atoms with Crippen molar-refractivity contribution in [3.8, 4) is 0 Å². The number of ether oxygens (including phenoxy) is 2. The normalized spacial score (nSPS) is 14.4. The van der Waals surface area contributed by atoms with E-state index < -0.39 is 27.5 Å². The molecule has 2 heterocycles. The molecule has 0 spiro atoms. The van der Waals surface area contributed by atoms with Gasteiger partial charge in [-0.15, -0.1) is 0 Å². The molecule has 222 valence electrons. The van der Waals surface area contributed by atoms with Gasteiger partial charge in [-0.25, -0.2) is 22.7 Å². The van der Waals surface area contributed by atoms with Crippen molar-refractivity contribution in [3.05, 3.63) is 95.3 Å². The Balaban J connectivity index is 1.49. The number of carbonyl (C=O) groups excluding carboxylic acids is 3. The van der Waals surface area contributed by atoms with Crippen LogP contribution in [-0.4, -0.2) is 61.9 Å². The van der Waals surface area contributed by atoms with E-state index in [1.54, 1.807) is 53.4 Å². The van der Waals surface area contributed by atoms with Crippen LogP contribution in [0.15, 0.2) is 72.9 Å². The van der Waals surface area contributed by atoms with Crippen LogP contribution in [0.1, 0.15) is 51.4 Å². The number of nitrogens with one attached hydrogen (secondary N) is 4. The van der Waals surface area contributed by atoms with Gasteiger partial charge in [0.2, 0.25) is 11.3 Å². The molecule has 0 bridgehead atoms. The number of nitrogens with two attached hydrogens (primary N) is 1. The average molecular weight is 597 g/mol. The number of rotatable bonds is 10. The number of amides is 2. The zero-order chi connectivity index (χ0) is 30.1. The third kappa shape index (κ3) is 8.10. The fourth-order valence-corrected chi connectivity index (χ4v) is 5.67. The van der Waals surface area contributed by atoms with Crippen LogP contribution in [0.25, 0.3) is 0 Å². The number of sulfonamides is 1. The molecule has 1 aliphatic heterocycles. The minimum Gasteiger partial charge on any atom is -0.444 e. The first-order valence-electron chi connectivity index (χ1n) is 13.1. The molecule has 1 fully saturated rings. The highest BCUT2D eigenvalue weighted by Gasteiger charge is 2.35. The van der Waals surface area contributed by atoms with Crippen molar-refractivity contribution in [2.75, 3.05) is 19.6 Å². The first-order valence-corrected chi connectivity index (χ1v) is 14.7. The highest BCUT2D eigenvalue weighted by Crippen LogP contribution is 2.32. The van der Waals surface area contributed by atoms with Crippen LogP contribution < -0.4 is 15.8 Å². The van der Waals surface area contributed by atoms with Gasteiger partial charge in [-0.3, -0.25) is 10.2 Å². The fraction of sp³-hybridized carbons (Fsp3) is 0.286.